The molecule has 0 fully saturated rings. The van der Waals surface area contributed by atoms with Crippen LogP contribution in [-0.4, -0.2) is 66.5 Å². The topological polar surface area (TPSA) is 155 Å². The van der Waals surface area contributed by atoms with Crippen molar-refractivity contribution in [2.24, 2.45) is 0 Å². The fraction of sp³-hybridized carbons (Fsp3) is 0.500. The van der Waals surface area contributed by atoms with E-state index in [0.717, 1.165) is 89.9 Å². The van der Waals surface area contributed by atoms with E-state index in [1.807, 2.05) is 42.5 Å². The highest BCUT2D eigenvalue weighted by molar-refractivity contribution is 7.47. The summed E-state index contributed by atoms with van der Waals surface area (Å²) < 4.78 is 39.2. The lowest BCUT2D eigenvalue weighted by atomic mass is 10.2. The van der Waals surface area contributed by atoms with Crippen molar-refractivity contribution in [3.8, 4) is 0 Å². The molecule has 11 nitrogen and oxygen atoms in total. The molecule has 0 rings (SSSR count). The second-order valence-electron chi connectivity index (χ2n) is 16.9. The molecule has 3 atom stereocenters. The lowest BCUT2D eigenvalue weighted by molar-refractivity contribution is -0.161. The summed E-state index contributed by atoms with van der Waals surface area (Å²) in [5, 5.41) is 9.77. The normalized spacial score (nSPS) is 14.7. The standard InChI is InChI=1S/C62H93O11P/c1-4-7-10-13-16-19-22-25-27-29-31-34-36-39-42-45-48-51-60(64)69-55-59(73-62(66)53-50-47-44-41-38-35-32-30-28-26-23-20-17-14-11-8-5-2)57-71-74(67,68)70-56-58(54-63)72-61(65)52-49-46-43-40-37-33-24-21-18-15-12-9-6-3/h7-12,16-21,25-28,31-35,37,39,41-44,46,58-59,63H,4-6,13-15,22-24,29-30,36,38,40,45,47-57H2,1-3H3,(H,67,68)/b10-7-,11-8-,12-9-,19-16-,20-17-,21-18-,27-25-,28-26-,34-31-,35-32-,37-33-,42-39-,44-41-,46-43-. The minimum atomic E-state index is -4.80. The third-order valence-electron chi connectivity index (χ3n) is 10.1. The molecule has 2 N–H and O–H groups in total. The van der Waals surface area contributed by atoms with Crippen LogP contribution in [0, 0.1) is 0 Å². The van der Waals surface area contributed by atoms with E-state index in [0.29, 0.717) is 32.1 Å². The van der Waals surface area contributed by atoms with Crippen LogP contribution in [0.4, 0.5) is 0 Å². The predicted octanol–water partition coefficient (Wildman–Crippen LogP) is 15.9. The molecule has 0 saturated heterocycles. The van der Waals surface area contributed by atoms with Crippen LogP contribution < -0.4 is 0 Å². The average molecular weight is 1050 g/mol. The number of rotatable bonds is 47. The van der Waals surface area contributed by atoms with Gasteiger partial charge in [-0.15, -0.1) is 0 Å². The number of hydrogen-bond donors (Lipinski definition) is 2. The van der Waals surface area contributed by atoms with Crippen molar-refractivity contribution in [1.82, 2.24) is 0 Å². The first-order valence-corrected chi connectivity index (χ1v) is 28.5. The van der Waals surface area contributed by atoms with Crippen LogP contribution in [0.3, 0.4) is 0 Å². The Balaban J connectivity index is 5.01. The Morgan fingerprint density at radius 1 is 0.378 bits per heavy atom. The smallest absolute Gasteiger partial charge is 0.462 e. The Labute approximate surface area is 447 Å². The average Bonchev–Trinajstić information content (AvgIpc) is 3.39. The monoisotopic (exact) mass is 1040 g/mol. The van der Waals surface area contributed by atoms with E-state index >= 15 is 0 Å². The van der Waals surface area contributed by atoms with Crippen LogP contribution in [0.2, 0.25) is 0 Å². The Morgan fingerprint density at radius 3 is 1.01 bits per heavy atom. The van der Waals surface area contributed by atoms with Gasteiger partial charge in [0, 0.05) is 19.3 Å². The van der Waals surface area contributed by atoms with E-state index in [4.69, 9.17) is 23.3 Å². The SMILES string of the molecule is CC/C=C\C/C=C\C/C=C\C/C=C\C/C=C\CCCC(=O)OCC(COP(=O)(O)OCC(CO)OC(=O)CC/C=C\C/C=C\C/C=C\C/C=C\CC)OC(=O)CCC/C=C\C/C=C\C/C=C\C/C=C\C/C=C\CC. The second-order valence-corrected chi connectivity index (χ2v) is 18.3. The highest BCUT2D eigenvalue weighted by Gasteiger charge is 2.28. The van der Waals surface area contributed by atoms with Crippen LogP contribution in [0.5, 0.6) is 0 Å². The third-order valence-corrected chi connectivity index (χ3v) is 11.1. The zero-order valence-corrected chi connectivity index (χ0v) is 46.1. The van der Waals surface area contributed by atoms with E-state index in [1.165, 1.54) is 0 Å². The van der Waals surface area contributed by atoms with Crippen LogP contribution in [0.15, 0.2) is 170 Å². The third kappa shape index (κ3) is 51.7. The quantitative estimate of drug-likeness (QED) is 0.0197. The molecule has 0 radical (unpaired) electrons. The van der Waals surface area contributed by atoms with Crippen LogP contribution >= 0.6 is 7.82 Å². The molecule has 0 aliphatic carbocycles. The number of aliphatic hydroxyl groups is 1. The van der Waals surface area contributed by atoms with Gasteiger partial charge in [0.25, 0.3) is 0 Å². The summed E-state index contributed by atoms with van der Waals surface area (Å²) in [5.74, 6) is -1.72. The maximum atomic E-state index is 12.9. The largest absolute Gasteiger partial charge is 0.472 e. The molecule has 0 aromatic carbocycles. The van der Waals surface area contributed by atoms with Gasteiger partial charge in [-0.3, -0.25) is 23.4 Å². The van der Waals surface area contributed by atoms with Gasteiger partial charge in [-0.05, 0) is 122 Å². The number of carbonyl (C=O) groups is 3. The summed E-state index contributed by atoms with van der Waals surface area (Å²) in [6, 6.07) is 0. The maximum Gasteiger partial charge on any atom is 0.472 e. The Morgan fingerprint density at radius 2 is 0.662 bits per heavy atom. The molecule has 0 aromatic heterocycles. The van der Waals surface area contributed by atoms with E-state index < -0.39 is 64.4 Å². The maximum absolute atomic E-state index is 12.9. The summed E-state index contributed by atoms with van der Waals surface area (Å²) in [5.41, 5.74) is 0. The van der Waals surface area contributed by atoms with Gasteiger partial charge in [-0.25, -0.2) is 4.57 Å². The molecular weight excluding hydrogens is 952 g/mol. The molecule has 74 heavy (non-hydrogen) atoms. The first-order valence-electron chi connectivity index (χ1n) is 27.0. The number of ether oxygens (including phenoxy) is 3. The van der Waals surface area contributed by atoms with Gasteiger partial charge >= 0.3 is 25.7 Å². The summed E-state index contributed by atoms with van der Waals surface area (Å²) >= 11 is 0. The summed E-state index contributed by atoms with van der Waals surface area (Å²) in [7, 11) is -4.80. The summed E-state index contributed by atoms with van der Waals surface area (Å²) in [6.45, 7) is 4.04. The van der Waals surface area contributed by atoms with Crippen molar-refractivity contribution in [1.29, 1.82) is 0 Å². The van der Waals surface area contributed by atoms with Crippen molar-refractivity contribution in [2.45, 2.75) is 174 Å². The van der Waals surface area contributed by atoms with Gasteiger partial charge in [0.05, 0.1) is 19.8 Å². The number of phosphoric ester groups is 1. The van der Waals surface area contributed by atoms with E-state index in [2.05, 4.69) is 148 Å². The predicted molar refractivity (Wildman–Crippen MR) is 306 cm³/mol. The molecule has 0 heterocycles. The zero-order valence-electron chi connectivity index (χ0n) is 45.2. The van der Waals surface area contributed by atoms with E-state index in [-0.39, 0.29) is 19.3 Å². The minimum absolute atomic E-state index is 0.0372. The highest BCUT2D eigenvalue weighted by atomic mass is 31.2. The Bertz CT molecular complexity index is 1890. The van der Waals surface area contributed by atoms with Gasteiger partial charge < -0.3 is 24.2 Å². The summed E-state index contributed by atoms with van der Waals surface area (Å²) in [4.78, 5) is 48.4. The molecule has 0 aromatic rings. The van der Waals surface area contributed by atoms with Crippen molar-refractivity contribution in [2.75, 3.05) is 26.4 Å². The molecular formula is C62H93O11P. The number of allylic oxidation sites excluding steroid dienone is 28. The Hall–Kier alpha value is -5.16. The fourth-order valence-electron chi connectivity index (χ4n) is 6.14. The molecule has 0 amide bonds. The molecule has 3 unspecified atom stereocenters. The first kappa shape index (κ1) is 68.8. The number of unbranched alkanes of at least 4 members (excludes halogenated alkanes) is 2. The second kappa shape index (κ2) is 54.1. The van der Waals surface area contributed by atoms with Crippen molar-refractivity contribution >= 4 is 25.7 Å². The molecule has 0 bridgehead atoms. The first-order chi connectivity index (χ1) is 36.2. The number of phosphoric acid groups is 1. The van der Waals surface area contributed by atoms with Crippen LogP contribution in [-0.2, 0) is 42.2 Å². The van der Waals surface area contributed by atoms with Gasteiger partial charge in [0.1, 0.15) is 12.7 Å². The number of aliphatic hydroxyl groups excluding tert-OH is 1. The van der Waals surface area contributed by atoms with Gasteiger partial charge in [0.15, 0.2) is 6.10 Å². The molecule has 0 aliphatic rings. The van der Waals surface area contributed by atoms with E-state index in [1.54, 1.807) is 0 Å². The summed E-state index contributed by atoms with van der Waals surface area (Å²) in [6.07, 6.45) is 72.1. The number of carbonyl (C=O) groups excluding carboxylic acids is 3. The molecule has 0 aliphatic heterocycles. The van der Waals surface area contributed by atoms with Crippen molar-refractivity contribution < 1.29 is 52.2 Å². The molecule has 12 heteroatoms. The zero-order chi connectivity index (χ0) is 54.1. The lowest BCUT2D eigenvalue weighted by Gasteiger charge is -2.21. The van der Waals surface area contributed by atoms with Gasteiger partial charge in [0.2, 0.25) is 0 Å². The Kier molecular flexibility index (Phi) is 50.3. The van der Waals surface area contributed by atoms with Gasteiger partial charge in [-0.1, -0.05) is 191 Å². The molecule has 412 valence electrons. The van der Waals surface area contributed by atoms with Crippen LogP contribution in [0.1, 0.15) is 162 Å². The van der Waals surface area contributed by atoms with Crippen molar-refractivity contribution in [3.05, 3.63) is 170 Å². The van der Waals surface area contributed by atoms with E-state index in [9.17, 15) is 28.9 Å². The minimum Gasteiger partial charge on any atom is -0.462 e. The van der Waals surface area contributed by atoms with Crippen LogP contribution in [0.25, 0.3) is 0 Å². The number of hydrogen-bond acceptors (Lipinski definition) is 10. The fourth-order valence-corrected chi connectivity index (χ4v) is 6.93. The molecule has 0 saturated carbocycles. The van der Waals surface area contributed by atoms with Gasteiger partial charge in [-0.2, -0.15) is 0 Å². The highest BCUT2D eigenvalue weighted by Crippen LogP contribution is 2.43. The number of esters is 3. The lowest BCUT2D eigenvalue weighted by Crippen LogP contribution is -2.30. The molecule has 0 spiro atoms. The van der Waals surface area contributed by atoms with Crippen molar-refractivity contribution in [3.63, 3.8) is 0 Å².